The molecule has 1 aliphatic heterocycles. The van der Waals surface area contributed by atoms with Gasteiger partial charge in [-0.25, -0.2) is 4.79 Å². The summed E-state index contributed by atoms with van der Waals surface area (Å²) >= 11 is 0. The molecule has 3 aromatic rings. The Morgan fingerprint density at radius 2 is 1.31 bits per heavy atom. The summed E-state index contributed by atoms with van der Waals surface area (Å²) in [6.07, 6.45) is 0.479. The fourth-order valence-corrected chi connectivity index (χ4v) is 4.79. The molecule has 1 aliphatic carbocycles. The molecule has 5 heteroatoms. The van der Waals surface area contributed by atoms with E-state index in [0.29, 0.717) is 6.54 Å². The van der Waals surface area contributed by atoms with E-state index >= 15 is 0 Å². The monoisotopic (exact) mass is 471 g/mol. The van der Waals surface area contributed by atoms with Gasteiger partial charge in [0.15, 0.2) is 0 Å². The van der Waals surface area contributed by atoms with Gasteiger partial charge in [-0.05, 0) is 34.9 Å². The lowest BCUT2D eigenvalue weighted by Crippen LogP contribution is -2.46. The first-order valence-electron chi connectivity index (χ1n) is 12.6. The number of hydrogen-bond acceptors (Lipinski definition) is 3. The van der Waals surface area contributed by atoms with Gasteiger partial charge in [-0.3, -0.25) is 4.90 Å². The Morgan fingerprint density at radius 3 is 1.89 bits per heavy atom. The Morgan fingerprint density at radius 1 is 0.800 bits per heavy atom. The molecule has 1 amide bonds. The molecule has 0 aromatic heterocycles. The zero-order valence-corrected chi connectivity index (χ0v) is 20.7. The van der Waals surface area contributed by atoms with E-state index in [4.69, 9.17) is 5.11 Å². The Kier molecular flexibility index (Phi) is 8.93. The molecule has 5 nitrogen and oxygen atoms in total. The minimum atomic E-state index is -0.904. The molecule has 1 saturated carbocycles. The molecule has 2 fully saturated rings. The van der Waals surface area contributed by atoms with Crippen molar-refractivity contribution >= 4 is 6.09 Å². The molecule has 2 aliphatic rings. The summed E-state index contributed by atoms with van der Waals surface area (Å²) in [6.45, 7) is 7.70. The highest BCUT2D eigenvalue weighted by atomic mass is 16.4. The number of carboxylic acid groups (broad SMARTS) is 1. The Balaban J connectivity index is 0.000000204. The van der Waals surface area contributed by atoms with Gasteiger partial charge in [0, 0.05) is 52.9 Å². The predicted octanol–water partition coefficient (Wildman–Crippen LogP) is 5.40. The first-order chi connectivity index (χ1) is 17.1. The van der Waals surface area contributed by atoms with Crippen LogP contribution in [0.4, 0.5) is 4.79 Å². The number of hydrogen-bond donors (Lipinski definition) is 1. The van der Waals surface area contributed by atoms with E-state index in [2.05, 4.69) is 70.5 Å². The zero-order valence-electron chi connectivity index (χ0n) is 20.7. The molecule has 0 unspecified atom stereocenters. The van der Waals surface area contributed by atoms with Crippen LogP contribution in [-0.4, -0.2) is 65.7 Å². The lowest BCUT2D eigenvalue weighted by atomic mass is 10.1. The van der Waals surface area contributed by atoms with Crippen molar-refractivity contribution in [3.63, 3.8) is 0 Å². The minimum Gasteiger partial charge on any atom is -0.465 e. The van der Waals surface area contributed by atoms with Gasteiger partial charge in [0.2, 0.25) is 0 Å². The van der Waals surface area contributed by atoms with E-state index in [1.54, 1.807) is 12.6 Å². The molecule has 35 heavy (non-hydrogen) atoms. The molecule has 1 saturated heterocycles. The highest BCUT2D eigenvalue weighted by Gasteiger charge is 2.39. The molecule has 0 spiro atoms. The maximum atomic E-state index is 10.4. The summed E-state index contributed by atoms with van der Waals surface area (Å²) in [4.78, 5) is 16.9. The Bertz CT molecular complexity index is 1020. The van der Waals surface area contributed by atoms with Gasteiger partial charge in [-0.2, -0.15) is 0 Å². The molecule has 1 heterocycles. The maximum absolute atomic E-state index is 10.4. The SMILES string of the molecule is CN(Cc1ccccc1)C(=O)O.c1ccc(CN2CCN(C[C@@H]3C[C@@H]3c3ccccc3)CC2)cc1. The van der Waals surface area contributed by atoms with Crippen LogP contribution < -0.4 is 0 Å². The van der Waals surface area contributed by atoms with Crippen LogP contribution in [0, 0.1) is 5.92 Å². The standard InChI is InChI=1S/C21H26N2.C9H11NO2/c1-3-7-18(8-4-1)16-22-11-13-23(14-12-22)17-20-15-21(20)19-9-5-2-6-10-19;1-10(9(11)12)7-8-5-3-2-4-6-8/h1-10,20-21H,11-17H2;2-6H,7H2,1H3,(H,11,12)/t20-,21+;/m0./s1. The molecule has 184 valence electrons. The quantitative estimate of drug-likeness (QED) is 0.501. The Hall–Kier alpha value is -3.15. The normalized spacial score (nSPS) is 19.9. The second-order valence-electron chi connectivity index (χ2n) is 9.70. The second kappa shape index (κ2) is 12.5. The summed E-state index contributed by atoms with van der Waals surface area (Å²) in [5.74, 6) is 1.71. The van der Waals surface area contributed by atoms with E-state index in [1.165, 1.54) is 49.6 Å². The third kappa shape index (κ3) is 7.94. The number of benzene rings is 3. The number of nitrogens with zero attached hydrogens (tertiary/aromatic N) is 3. The van der Waals surface area contributed by atoms with E-state index < -0.39 is 6.09 Å². The third-order valence-electron chi connectivity index (χ3n) is 6.95. The molecule has 3 aromatic carbocycles. The van der Waals surface area contributed by atoms with Crippen molar-refractivity contribution in [3.8, 4) is 0 Å². The van der Waals surface area contributed by atoms with Gasteiger partial charge in [0.1, 0.15) is 0 Å². The zero-order chi connectivity index (χ0) is 24.5. The highest BCUT2D eigenvalue weighted by Crippen LogP contribution is 2.47. The van der Waals surface area contributed by atoms with Crippen molar-refractivity contribution in [1.29, 1.82) is 0 Å². The lowest BCUT2D eigenvalue weighted by molar-refractivity contribution is 0.123. The largest absolute Gasteiger partial charge is 0.465 e. The minimum absolute atomic E-state index is 0.441. The van der Waals surface area contributed by atoms with Crippen molar-refractivity contribution in [2.24, 2.45) is 5.92 Å². The third-order valence-corrected chi connectivity index (χ3v) is 6.95. The van der Waals surface area contributed by atoms with Crippen LogP contribution in [0.15, 0.2) is 91.0 Å². The van der Waals surface area contributed by atoms with Crippen molar-refractivity contribution < 1.29 is 9.90 Å². The van der Waals surface area contributed by atoms with Crippen LogP contribution in [0.3, 0.4) is 0 Å². The fraction of sp³-hybridized carbons (Fsp3) is 0.367. The second-order valence-corrected chi connectivity index (χ2v) is 9.70. The van der Waals surface area contributed by atoms with Crippen LogP contribution in [0.5, 0.6) is 0 Å². The number of rotatable bonds is 7. The smallest absolute Gasteiger partial charge is 0.407 e. The summed E-state index contributed by atoms with van der Waals surface area (Å²) in [5, 5.41) is 8.57. The van der Waals surface area contributed by atoms with E-state index in [1.807, 2.05) is 30.3 Å². The number of amides is 1. The molecule has 1 N–H and O–H groups in total. The van der Waals surface area contributed by atoms with Gasteiger partial charge < -0.3 is 14.9 Å². The summed E-state index contributed by atoms with van der Waals surface area (Å²) < 4.78 is 0. The van der Waals surface area contributed by atoms with Crippen LogP contribution in [-0.2, 0) is 13.1 Å². The molecular weight excluding hydrogens is 434 g/mol. The van der Waals surface area contributed by atoms with Crippen LogP contribution in [0.25, 0.3) is 0 Å². The molecule has 2 atom stereocenters. The van der Waals surface area contributed by atoms with Crippen LogP contribution in [0.1, 0.15) is 29.0 Å². The maximum Gasteiger partial charge on any atom is 0.407 e. The average Bonchev–Trinajstić information content (AvgIpc) is 3.66. The molecular formula is C30H37N3O2. The Labute approximate surface area is 209 Å². The van der Waals surface area contributed by atoms with Gasteiger partial charge in [-0.15, -0.1) is 0 Å². The fourth-order valence-electron chi connectivity index (χ4n) is 4.79. The van der Waals surface area contributed by atoms with Gasteiger partial charge in [-0.1, -0.05) is 91.0 Å². The van der Waals surface area contributed by atoms with Crippen molar-refractivity contribution in [1.82, 2.24) is 14.7 Å². The van der Waals surface area contributed by atoms with Gasteiger partial charge >= 0.3 is 6.09 Å². The van der Waals surface area contributed by atoms with Crippen LogP contribution >= 0.6 is 0 Å². The first kappa shape index (κ1) is 25.0. The topological polar surface area (TPSA) is 47.0 Å². The van der Waals surface area contributed by atoms with E-state index in [-0.39, 0.29) is 0 Å². The summed E-state index contributed by atoms with van der Waals surface area (Å²) in [5.41, 5.74) is 3.98. The highest BCUT2D eigenvalue weighted by molar-refractivity contribution is 5.64. The lowest BCUT2D eigenvalue weighted by Gasteiger charge is -2.34. The summed E-state index contributed by atoms with van der Waals surface area (Å²) in [7, 11) is 1.55. The molecule has 5 rings (SSSR count). The molecule has 0 bridgehead atoms. The molecule has 0 radical (unpaired) electrons. The van der Waals surface area contributed by atoms with Gasteiger partial charge in [0.05, 0.1) is 0 Å². The number of carbonyl (C=O) groups is 1. The summed E-state index contributed by atoms with van der Waals surface area (Å²) in [6, 6.07) is 31.4. The van der Waals surface area contributed by atoms with E-state index in [0.717, 1.165) is 23.9 Å². The van der Waals surface area contributed by atoms with Gasteiger partial charge in [0.25, 0.3) is 0 Å². The first-order valence-corrected chi connectivity index (χ1v) is 12.6. The van der Waals surface area contributed by atoms with Crippen molar-refractivity contribution in [3.05, 3.63) is 108 Å². The van der Waals surface area contributed by atoms with E-state index in [9.17, 15) is 4.79 Å². The van der Waals surface area contributed by atoms with Crippen molar-refractivity contribution in [2.75, 3.05) is 39.8 Å². The van der Waals surface area contributed by atoms with Crippen molar-refractivity contribution in [2.45, 2.75) is 25.4 Å². The van der Waals surface area contributed by atoms with Crippen LogP contribution in [0.2, 0.25) is 0 Å². The number of piperazine rings is 1. The average molecular weight is 472 g/mol. The predicted molar refractivity (Wildman–Crippen MR) is 141 cm³/mol.